The Morgan fingerprint density at radius 2 is 2.00 bits per heavy atom. The number of rotatable bonds is 1. The molecule has 0 saturated carbocycles. The largest absolute Gasteiger partial charge is 0.323 e. The molecule has 0 radical (unpaired) electrons. The number of nitrogens with two attached hydrogens (primary N) is 1. The van der Waals surface area contributed by atoms with Crippen LogP contribution in [0.15, 0.2) is 18.2 Å². The van der Waals surface area contributed by atoms with E-state index in [4.69, 9.17) is 5.84 Å². The maximum absolute atomic E-state index is 13.4. The summed E-state index contributed by atoms with van der Waals surface area (Å²) in [5.74, 6) is 3.92. The van der Waals surface area contributed by atoms with Crippen LogP contribution in [0.5, 0.6) is 0 Å². The van der Waals surface area contributed by atoms with Gasteiger partial charge in [0.15, 0.2) is 5.82 Å². The fourth-order valence-corrected chi connectivity index (χ4v) is 1.50. The van der Waals surface area contributed by atoms with Crippen molar-refractivity contribution in [1.82, 2.24) is 4.98 Å². The molecule has 3 nitrogen and oxygen atoms in total. The van der Waals surface area contributed by atoms with Gasteiger partial charge in [0.1, 0.15) is 11.3 Å². The molecule has 0 saturated heterocycles. The lowest BCUT2D eigenvalue weighted by atomic mass is 10.1. The van der Waals surface area contributed by atoms with Crippen molar-refractivity contribution in [2.75, 3.05) is 5.43 Å². The van der Waals surface area contributed by atoms with E-state index in [0.29, 0.717) is 16.8 Å². The van der Waals surface area contributed by atoms with Crippen molar-refractivity contribution >= 4 is 16.6 Å². The Hall–Kier alpha value is -1.75. The predicted molar refractivity (Wildman–Crippen MR) is 54.2 cm³/mol. The first-order valence-electron chi connectivity index (χ1n) is 4.35. The average Bonchev–Trinajstić information content (AvgIpc) is 2.18. The smallest absolute Gasteiger partial charge is 0.152 e. The molecule has 1 heterocycles. The van der Waals surface area contributed by atoms with Crippen molar-refractivity contribution in [3.63, 3.8) is 0 Å². The molecule has 1 aromatic carbocycles. The molecule has 0 fully saturated rings. The molecule has 2 rings (SSSR count). The number of benzene rings is 1. The molecule has 0 aliphatic heterocycles. The van der Waals surface area contributed by atoms with E-state index in [1.807, 2.05) is 0 Å². The zero-order valence-electron chi connectivity index (χ0n) is 8.01. The highest BCUT2D eigenvalue weighted by Crippen LogP contribution is 2.25. The van der Waals surface area contributed by atoms with Crippen LogP contribution in [0, 0.1) is 18.6 Å². The Bertz CT molecular complexity index is 526. The van der Waals surface area contributed by atoms with Crippen molar-refractivity contribution < 1.29 is 8.78 Å². The standard InChI is InChI=1S/C10H9F2N3/c1-5-2-9(15-13)7-3-6(11)4-8(12)10(7)14-5/h2-4H,13H2,1H3,(H,14,15). The minimum atomic E-state index is -0.690. The summed E-state index contributed by atoms with van der Waals surface area (Å²) in [6, 6.07) is 3.62. The Morgan fingerprint density at radius 1 is 1.27 bits per heavy atom. The van der Waals surface area contributed by atoms with Crippen LogP contribution in [0.4, 0.5) is 14.5 Å². The zero-order chi connectivity index (χ0) is 11.0. The van der Waals surface area contributed by atoms with Crippen LogP contribution in [-0.2, 0) is 0 Å². The third-order valence-corrected chi connectivity index (χ3v) is 2.12. The molecule has 2 aromatic rings. The van der Waals surface area contributed by atoms with Gasteiger partial charge < -0.3 is 5.43 Å². The number of nitrogen functional groups attached to an aromatic ring is 1. The summed E-state index contributed by atoms with van der Waals surface area (Å²) in [5.41, 5.74) is 3.57. The van der Waals surface area contributed by atoms with Crippen LogP contribution < -0.4 is 11.3 Å². The van der Waals surface area contributed by atoms with Crippen molar-refractivity contribution in [2.45, 2.75) is 6.92 Å². The van der Waals surface area contributed by atoms with E-state index in [1.165, 1.54) is 6.07 Å². The lowest BCUT2D eigenvalue weighted by Gasteiger charge is -2.07. The topological polar surface area (TPSA) is 50.9 Å². The summed E-state index contributed by atoms with van der Waals surface area (Å²) in [5, 5.41) is 0.334. The Morgan fingerprint density at radius 3 is 2.67 bits per heavy atom. The Labute approximate surface area is 84.9 Å². The van der Waals surface area contributed by atoms with Crippen molar-refractivity contribution in [3.8, 4) is 0 Å². The first-order chi connectivity index (χ1) is 7.11. The molecule has 0 bridgehead atoms. The van der Waals surface area contributed by atoms with E-state index in [0.717, 1.165) is 6.07 Å². The number of hydrazine groups is 1. The van der Waals surface area contributed by atoms with Gasteiger partial charge in [0, 0.05) is 17.1 Å². The number of hydrogen-bond donors (Lipinski definition) is 2. The first-order valence-corrected chi connectivity index (χ1v) is 4.35. The molecule has 0 amide bonds. The van der Waals surface area contributed by atoms with Gasteiger partial charge in [0.05, 0.1) is 5.69 Å². The summed E-state index contributed by atoms with van der Waals surface area (Å²) in [6.07, 6.45) is 0. The molecule has 3 N–H and O–H groups in total. The van der Waals surface area contributed by atoms with Gasteiger partial charge in [-0.2, -0.15) is 0 Å². The molecule has 5 heteroatoms. The molecule has 0 aliphatic carbocycles. The van der Waals surface area contributed by atoms with E-state index in [1.54, 1.807) is 13.0 Å². The van der Waals surface area contributed by atoms with E-state index in [9.17, 15) is 8.78 Å². The minimum absolute atomic E-state index is 0.115. The minimum Gasteiger partial charge on any atom is -0.323 e. The Balaban J connectivity index is 2.89. The lowest BCUT2D eigenvalue weighted by molar-refractivity contribution is 0.590. The van der Waals surface area contributed by atoms with Gasteiger partial charge in [-0.1, -0.05) is 0 Å². The SMILES string of the molecule is Cc1cc(NN)c2cc(F)cc(F)c2n1. The van der Waals surface area contributed by atoms with E-state index in [2.05, 4.69) is 10.4 Å². The summed E-state index contributed by atoms with van der Waals surface area (Å²) in [4.78, 5) is 3.99. The molecular formula is C10H9F2N3. The van der Waals surface area contributed by atoms with Gasteiger partial charge in [-0.15, -0.1) is 0 Å². The second-order valence-electron chi connectivity index (χ2n) is 3.24. The maximum atomic E-state index is 13.4. The number of aryl methyl sites for hydroxylation is 1. The molecular weight excluding hydrogens is 200 g/mol. The molecule has 0 spiro atoms. The van der Waals surface area contributed by atoms with Crippen molar-refractivity contribution in [2.24, 2.45) is 5.84 Å². The second-order valence-corrected chi connectivity index (χ2v) is 3.24. The van der Waals surface area contributed by atoms with Crippen LogP contribution >= 0.6 is 0 Å². The van der Waals surface area contributed by atoms with E-state index >= 15 is 0 Å². The van der Waals surface area contributed by atoms with Crippen molar-refractivity contribution in [3.05, 3.63) is 35.5 Å². The van der Waals surface area contributed by atoms with Crippen LogP contribution in [0.2, 0.25) is 0 Å². The number of fused-ring (bicyclic) bond motifs is 1. The summed E-state index contributed by atoms with van der Waals surface area (Å²) in [7, 11) is 0. The number of aromatic nitrogens is 1. The zero-order valence-corrected chi connectivity index (χ0v) is 8.01. The molecule has 0 aliphatic rings. The number of halogens is 2. The fourth-order valence-electron chi connectivity index (χ4n) is 1.50. The third-order valence-electron chi connectivity index (χ3n) is 2.12. The number of pyridine rings is 1. The average molecular weight is 209 g/mol. The quantitative estimate of drug-likeness (QED) is 0.558. The second kappa shape index (κ2) is 3.43. The molecule has 1 aromatic heterocycles. The van der Waals surface area contributed by atoms with Gasteiger partial charge in [0.25, 0.3) is 0 Å². The number of nitrogens with zero attached hydrogens (tertiary/aromatic N) is 1. The highest BCUT2D eigenvalue weighted by Gasteiger charge is 2.09. The predicted octanol–water partition coefficient (Wildman–Crippen LogP) is 2.11. The highest BCUT2D eigenvalue weighted by molar-refractivity contribution is 5.91. The van der Waals surface area contributed by atoms with Crippen LogP contribution in [0.3, 0.4) is 0 Å². The summed E-state index contributed by atoms with van der Waals surface area (Å²) < 4.78 is 26.4. The molecule has 0 unspecified atom stereocenters. The van der Waals surface area contributed by atoms with Crippen LogP contribution in [0.25, 0.3) is 10.9 Å². The monoisotopic (exact) mass is 209 g/mol. The van der Waals surface area contributed by atoms with E-state index < -0.39 is 11.6 Å². The van der Waals surface area contributed by atoms with Crippen LogP contribution in [-0.4, -0.2) is 4.98 Å². The number of hydrogen-bond acceptors (Lipinski definition) is 3. The lowest BCUT2D eigenvalue weighted by Crippen LogP contribution is -2.08. The maximum Gasteiger partial charge on any atom is 0.152 e. The molecule has 78 valence electrons. The molecule has 15 heavy (non-hydrogen) atoms. The van der Waals surface area contributed by atoms with Gasteiger partial charge >= 0.3 is 0 Å². The van der Waals surface area contributed by atoms with Gasteiger partial charge in [-0.05, 0) is 19.1 Å². The first kappa shape index (κ1) is 9.79. The number of nitrogens with one attached hydrogen (secondary N) is 1. The van der Waals surface area contributed by atoms with Crippen molar-refractivity contribution in [1.29, 1.82) is 0 Å². The Kier molecular flexibility index (Phi) is 2.24. The highest BCUT2D eigenvalue weighted by atomic mass is 19.1. The van der Waals surface area contributed by atoms with Gasteiger partial charge in [0.2, 0.25) is 0 Å². The summed E-state index contributed by atoms with van der Waals surface area (Å²) in [6.45, 7) is 1.71. The summed E-state index contributed by atoms with van der Waals surface area (Å²) >= 11 is 0. The normalized spacial score (nSPS) is 10.7. The molecule has 0 atom stereocenters. The van der Waals surface area contributed by atoms with Gasteiger partial charge in [-0.25, -0.2) is 13.8 Å². The van der Waals surface area contributed by atoms with E-state index in [-0.39, 0.29) is 5.52 Å². The number of anilines is 1. The fraction of sp³-hybridized carbons (Fsp3) is 0.100. The van der Waals surface area contributed by atoms with Crippen LogP contribution in [0.1, 0.15) is 5.69 Å². The third kappa shape index (κ3) is 1.61. The van der Waals surface area contributed by atoms with Gasteiger partial charge in [-0.3, -0.25) is 5.84 Å².